The normalized spacial score (nSPS) is 15.7. The second-order valence-electron chi connectivity index (χ2n) is 7.88. The quantitative estimate of drug-likeness (QED) is 0.851. The molecule has 0 atom stereocenters. The van der Waals surface area contributed by atoms with E-state index in [1.807, 2.05) is 12.1 Å². The molecular weight excluding hydrogens is 278 g/mol. The lowest BCUT2D eigenvalue weighted by Crippen LogP contribution is -2.19. The van der Waals surface area contributed by atoms with Gasteiger partial charge in [-0.25, -0.2) is 9.79 Å². The van der Waals surface area contributed by atoms with Crippen LogP contribution < -0.4 is 0 Å². The van der Waals surface area contributed by atoms with Crippen LogP contribution in [-0.4, -0.2) is 23.5 Å². The van der Waals surface area contributed by atoms with Gasteiger partial charge in [0.25, 0.3) is 0 Å². The largest absolute Gasteiger partial charge is 0.507 e. The highest BCUT2D eigenvalue weighted by molar-refractivity contribution is 6.37. The van der Waals surface area contributed by atoms with Crippen molar-refractivity contribution in [3.63, 3.8) is 0 Å². The third kappa shape index (κ3) is 3.32. The lowest BCUT2D eigenvalue weighted by Gasteiger charge is -2.28. The van der Waals surface area contributed by atoms with Gasteiger partial charge in [0.1, 0.15) is 11.5 Å². The first-order chi connectivity index (χ1) is 10.00. The molecule has 1 aliphatic heterocycles. The number of hydrogen-bond donors (Lipinski definition) is 1. The molecule has 1 aliphatic rings. The van der Waals surface area contributed by atoms with E-state index in [1.54, 1.807) is 0 Å². The molecular formula is C18H25NO3. The zero-order valence-electron chi connectivity index (χ0n) is 14.3. The van der Waals surface area contributed by atoms with Gasteiger partial charge >= 0.3 is 5.97 Å². The molecule has 0 saturated carbocycles. The van der Waals surface area contributed by atoms with Gasteiger partial charge in [0, 0.05) is 6.42 Å². The molecule has 1 aromatic carbocycles. The fourth-order valence-electron chi connectivity index (χ4n) is 2.58. The number of aromatic hydroxyl groups is 1. The fourth-order valence-corrected chi connectivity index (χ4v) is 2.58. The minimum absolute atomic E-state index is 0.116. The number of carbonyl (C=O) groups excluding carboxylic acids is 1. The van der Waals surface area contributed by atoms with Gasteiger partial charge in [0.2, 0.25) is 0 Å². The predicted molar refractivity (Wildman–Crippen MR) is 87.6 cm³/mol. The molecule has 0 fully saturated rings. The van der Waals surface area contributed by atoms with E-state index >= 15 is 0 Å². The first-order valence-corrected chi connectivity index (χ1v) is 7.57. The van der Waals surface area contributed by atoms with Gasteiger partial charge in [0.05, 0.1) is 0 Å². The molecule has 4 heteroatoms. The van der Waals surface area contributed by atoms with Gasteiger partial charge in [-0.3, -0.25) is 0 Å². The van der Waals surface area contributed by atoms with Crippen molar-refractivity contribution in [1.82, 2.24) is 0 Å². The Hall–Kier alpha value is -1.84. The molecule has 0 spiro atoms. The van der Waals surface area contributed by atoms with Crippen LogP contribution in [0.3, 0.4) is 0 Å². The standard InChI is InChI=1S/C18H25NO3/c1-17(2,3)12-7-11(9-14-16(21)22-10-19-14)8-13(15(12)20)18(4,5)6/h7-8,20H,9-10H2,1-6H3. The van der Waals surface area contributed by atoms with Crippen molar-refractivity contribution >= 4 is 11.7 Å². The lowest BCUT2D eigenvalue weighted by atomic mass is 9.78. The number of hydrogen-bond acceptors (Lipinski definition) is 4. The minimum atomic E-state index is -0.345. The molecule has 2 rings (SSSR count). The van der Waals surface area contributed by atoms with E-state index in [9.17, 15) is 9.90 Å². The summed E-state index contributed by atoms with van der Waals surface area (Å²) >= 11 is 0. The van der Waals surface area contributed by atoms with Crippen LogP contribution >= 0.6 is 0 Å². The van der Waals surface area contributed by atoms with Crippen molar-refractivity contribution in [3.05, 3.63) is 28.8 Å². The Labute approximate surface area is 132 Å². The third-order valence-corrected chi connectivity index (χ3v) is 3.84. The molecule has 0 unspecified atom stereocenters. The molecule has 1 aromatic rings. The van der Waals surface area contributed by atoms with Crippen LogP contribution in [0.1, 0.15) is 58.2 Å². The van der Waals surface area contributed by atoms with Crippen molar-refractivity contribution in [2.24, 2.45) is 4.99 Å². The Morgan fingerprint density at radius 2 is 1.59 bits per heavy atom. The monoisotopic (exact) mass is 303 g/mol. The van der Waals surface area contributed by atoms with Gasteiger partial charge in [-0.2, -0.15) is 0 Å². The minimum Gasteiger partial charge on any atom is -0.507 e. The number of ether oxygens (including phenoxy) is 1. The topological polar surface area (TPSA) is 58.9 Å². The summed E-state index contributed by atoms with van der Waals surface area (Å²) in [5.41, 5.74) is 2.84. The second kappa shape index (κ2) is 5.41. The Morgan fingerprint density at radius 1 is 1.09 bits per heavy atom. The molecule has 0 saturated heterocycles. The van der Waals surface area contributed by atoms with Gasteiger partial charge in [-0.05, 0) is 27.5 Å². The maximum absolute atomic E-state index is 11.6. The lowest BCUT2D eigenvalue weighted by molar-refractivity contribution is -0.133. The van der Waals surface area contributed by atoms with E-state index in [1.165, 1.54) is 0 Å². The maximum atomic E-state index is 11.6. The highest BCUT2D eigenvalue weighted by atomic mass is 16.5. The van der Waals surface area contributed by atoms with E-state index in [0.717, 1.165) is 16.7 Å². The smallest absolute Gasteiger partial charge is 0.354 e. The molecule has 0 radical (unpaired) electrons. The van der Waals surface area contributed by atoms with Crippen molar-refractivity contribution in [2.75, 3.05) is 6.73 Å². The van der Waals surface area contributed by atoms with Crippen molar-refractivity contribution in [2.45, 2.75) is 58.8 Å². The summed E-state index contributed by atoms with van der Waals surface area (Å²) in [6.45, 7) is 12.5. The zero-order chi connectivity index (χ0) is 16.7. The van der Waals surface area contributed by atoms with E-state index in [-0.39, 0.29) is 23.5 Å². The van der Waals surface area contributed by atoms with Crippen LogP contribution in [-0.2, 0) is 26.8 Å². The molecule has 0 bridgehead atoms. The number of nitrogens with zero attached hydrogens (tertiary/aromatic N) is 1. The number of esters is 1. The van der Waals surface area contributed by atoms with E-state index in [4.69, 9.17) is 4.74 Å². The van der Waals surface area contributed by atoms with Crippen LogP contribution in [0.4, 0.5) is 0 Å². The molecule has 1 N–H and O–H groups in total. The number of benzene rings is 1. The maximum Gasteiger partial charge on any atom is 0.354 e. The number of phenols is 1. The second-order valence-corrected chi connectivity index (χ2v) is 7.88. The SMILES string of the molecule is CC(C)(C)c1cc(CC2=NCOC2=O)cc(C(C)(C)C)c1O. The molecule has 0 aromatic heterocycles. The van der Waals surface area contributed by atoms with Crippen LogP contribution in [0, 0.1) is 0 Å². The zero-order valence-corrected chi connectivity index (χ0v) is 14.3. The van der Waals surface area contributed by atoms with E-state index in [0.29, 0.717) is 17.9 Å². The van der Waals surface area contributed by atoms with Crippen LogP contribution in [0.25, 0.3) is 0 Å². The highest BCUT2D eigenvalue weighted by Crippen LogP contribution is 2.39. The summed E-state index contributed by atoms with van der Waals surface area (Å²) < 4.78 is 4.86. The molecule has 4 nitrogen and oxygen atoms in total. The average molecular weight is 303 g/mol. The van der Waals surface area contributed by atoms with E-state index in [2.05, 4.69) is 46.5 Å². The average Bonchev–Trinajstić information content (AvgIpc) is 2.74. The first kappa shape index (κ1) is 16.5. The summed E-state index contributed by atoms with van der Waals surface area (Å²) in [7, 11) is 0. The number of aliphatic imine (C=N–C) groups is 1. The Bertz CT molecular complexity index is 596. The van der Waals surface area contributed by atoms with E-state index < -0.39 is 0 Å². The number of rotatable bonds is 2. The van der Waals surface area contributed by atoms with Gasteiger partial charge < -0.3 is 9.84 Å². The summed E-state index contributed by atoms with van der Waals surface area (Å²) in [6.07, 6.45) is 0.436. The van der Waals surface area contributed by atoms with Crippen LogP contribution in [0.5, 0.6) is 5.75 Å². The fraction of sp³-hybridized carbons (Fsp3) is 0.556. The summed E-state index contributed by atoms with van der Waals surface area (Å²) in [5.74, 6) is 0.00220. The Kier molecular flexibility index (Phi) is 4.07. The van der Waals surface area contributed by atoms with Crippen molar-refractivity contribution < 1.29 is 14.6 Å². The van der Waals surface area contributed by atoms with Gasteiger partial charge in [0.15, 0.2) is 6.73 Å². The molecule has 0 aliphatic carbocycles. The summed E-state index contributed by atoms with van der Waals surface area (Å²) in [6, 6.07) is 3.94. The van der Waals surface area contributed by atoms with Crippen molar-refractivity contribution in [1.29, 1.82) is 0 Å². The molecule has 22 heavy (non-hydrogen) atoms. The van der Waals surface area contributed by atoms with Crippen LogP contribution in [0.2, 0.25) is 0 Å². The first-order valence-electron chi connectivity index (χ1n) is 7.57. The summed E-state index contributed by atoms with van der Waals surface area (Å²) in [5, 5.41) is 10.7. The third-order valence-electron chi connectivity index (χ3n) is 3.84. The Balaban J connectivity index is 2.53. The summed E-state index contributed by atoms with van der Waals surface area (Å²) in [4.78, 5) is 15.7. The molecule has 0 amide bonds. The number of cyclic esters (lactones) is 1. The molecule has 120 valence electrons. The Morgan fingerprint density at radius 3 is 1.95 bits per heavy atom. The number of carbonyl (C=O) groups is 1. The highest BCUT2D eigenvalue weighted by Gasteiger charge is 2.27. The number of phenolic OH excluding ortho intramolecular Hbond substituents is 1. The van der Waals surface area contributed by atoms with Gasteiger partial charge in [-0.15, -0.1) is 0 Å². The van der Waals surface area contributed by atoms with Gasteiger partial charge in [-0.1, -0.05) is 53.7 Å². The molecule has 1 heterocycles. The van der Waals surface area contributed by atoms with Crippen LogP contribution in [0.15, 0.2) is 17.1 Å². The van der Waals surface area contributed by atoms with Crippen molar-refractivity contribution in [3.8, 4) is 5.75 Å². The predicted octanol–water partition coefficient (Wildman–Crippen LogP) is 3.49.